The first kappa shape index (κ1) is 19.1. The predicted molar refractivity (Wildman–Crippen MR) is 77.5 cm³/mol. The van der Waals surface area contributed by atoms with Gasteiger partial charge >= 0.3 is 7.60 Å². The van der Waals surface area contributed by atoms with E-state index < -0.39 is 24.3 Å². The van der Waals surface area contributed by atoms with Crippen molar-refractivity contribution in [1.82, 2.24) is 5.06 Å². The highest BCUT2D eigenvalue weighted by atomic mass is 31.2. The molecule has 5 nitrogen and oxygen atoms in total. The standard InChI is InChI=1S/C13H30NO4P/c1-9-17-19(16,18-10-2)11(12(3,4)5)14(15)13(6,7)8/h11,15H,9-10H2,1-8H3. The lowest BCUT2D eigenvalue weighted by Crippen LogP contribution is -2.51. The second kappa shape index (κ2) is 6.68. The maximum absolute atomic E-state index is 13.0. The molecule has 0 bridgehead atoms. The molecular formula is C13H30NO4P. The maximum atomic E-state index is 13.0. The van der Waals surface area contributed by atoms with E-state index in [2.05, 4.69) is 0 Å². The molecule has 0 aromatic rings. The fourth-order valence-electron chi connectivity index (χ4n) is 1.88. The molecule has 0 heterocycles. The van der Waals surface area contributed by atoms with Gasteiger partial charge in [-0.15, -0.1) is 0 Å². The van der Waals surface area contributed by atoms with Gasteiger partial charge in [-0.05, 0) is 40.0 Å². The molecule has 0 spiro atoms. The van der Waals surface area contributed by atoms with Gasteiger partial charge in [0.25, 0.3) is 0 Å². The van der Waals surface area contributed by atoms with Crippen molar-refractivity contribution in [3.63, 3.8) is 0 Å². The summed E-state index contributed by atoms with van der Waals surface area (Å²) in [5.41, 5.74) is -1.01. The van der Waals surface area contributed by atoms with E-state index in [0.717, 1.165) is 5.06 Å². The maximum Gasteiger partial charge on any atom is 0.350 e. The van der Waals surface area contributed by atoms with E-state index in [1.807, 2.05) is 41.5 Å². The van der Waals surface area contributed by atoms with Crippen LogP contribution in [0, 0.1) is 5.41 Å². The third-order valence-corrected chi connectivity index (χ3v) is 5.44. The van der Waals surface area contributed by atoms with Crippen LogP contribution in [-0.2, 0) is 13.6 Å². The Hall–Kier alpha value is 0.0700. The van der Waals surface area contributed by atoms with E-state index in [-0.39, 0.29) is 13.2 Å². The van der Waals surface area contributed by atoms with Crippen LogP contribution in [0.25, 0.3) is 0 Å². The zero-order chi connectivity index (χ0) is 15.5. The highest BCUT2D eigenvalue weighted by Gasteiger charge is 2.50. The van der Waals surface area contributed by atoms with Crippen molar-refractivity contribution in [3.05, 3.63) is 0 Å². The molecule has 0 aromatic heterocycles. The van der Waals surface area contributed by atoms with Crippen LogP contribution >= 0.6 is 7.60 Å². The van der Waals surface area contributed by atoms with E-state index in [4.69, 9.17) is 9.05 Å². The van der Waals surface area contributed by atoms with Crippen LogP contribution in [0.2, 0.25) is 0 Å². The SMILES string of the molecule is CCOP(=O)(OCC)C(N(O)C(C)(C)C)C(C)(C)C. The molecule has 116 valence electrons. The number of hydrogen-bond acceptors (Lipinski definition) is 5. The summed E-state index contributed by atoms with van der Waals surface area (Å²) in [5, 5.41) is 11.6. The first-order valence-electron chi connectivity index (χ1n) is 6.77. The lowest BCUT2D eigenvalue weighted by molar-refractivity contribution is -0.191. The lowest BCUT2D eigenvalue weighted by atomic mass is 9.94. The summed E-state index contributed by atoms with van der Waals surface area (Å²) in [4.78, 5) is 0. The van der Waals surface area contributed by atoms with Crippen molar-refractivity contribution in [2.45, 2.75) is 66.7 Å². The highest BCUT2D eigenvalue weighted by Crippen LogP contribution is 2.60. The first-order valence-corrected chi connectivity index (χ1v) is 8.38. The molecule has 0 aromatic carbocycles. The molecule has 0 aliphatic carbocycles. The van der Waals surface area contributed by atoms with Gasteiger partial charge in [-0.25, -0.2) is 0 Å². The van der Waals surface area contributed by atoms with Crippen LogP contribution in [0.3, 0.4) is 0 Å². The average Bonchev–Trinajstić information content (AvgIpc) is 2.13. The minimum atomic E-state index is -3.43. The molecular weight excluding hydrogens is 265 g/mol. The molecule has 19 heavy (non-hydrogen) atoms. The molecule has 6 heteroatoms. The average molecular weight is 295 g/mol. The molecule has 0 saturated heterocycles. The summed E-state index contributed by atoms with van der Waals surface area (Å²) < 4.78 is 23.8. The van der Waals surface area contributed by atoms with Crippen LogP contribution in [0.15, 0.2) is 0 Å². The topological polar surface area (TPSA) is 59.0 Å². The third kappa shape index (κ3) is 5.16. The van der Waals surface area contributed by atoms with Gasteiger partial charge < -0.3 is 14.3 Å². The lowest BCUT2D eigenvalue weighted by Gasteiger charge is -2.44. The van der Waals surface area contributed by atoms with E-state index >= 15 is 0 Å². The molecule has 0 fully saturated rings. The van der Waals surface area contributed by atoms with Gasteiger partial charge in [0.15, 0.2) is 0 Å². The zero-order valence-electron chi connectivity index (χ0n) is 13.6. The van der Waals surface area contributed by atoms with Crippen molar-refractivity contribution < 1.29 is 18.8 Å². The monoisotopic (exact) mass is 295 g/mol. The smallest absolute Gasteiger partial charge is 0.313 e. The zero-order valence-corrected chi connectivity index (χ0v) is 14.5. The van der Waals surface area contributed by atoms with Gasteiger partial charge in [-0.2, -0.15) is 5.06 Å². The van der Waals surface area contributed by atoms with Crippen LogP contribution in [0.1, 0.15) is 55.4 Å². The highest BCUT2D eigenvalue weighted by molar-refractivity contribution is 7.54. The molecule has 0 rings (SSSR count). The molecule has 0 radical (unpaired) electrons. The molecule has 0 saturated carbocycles. The van der Waals surface area contributed by atoms with Crippen molar-refractivity contribution >= 4 is 7.60 Å². The predicted octanol–water partition coefficient (Wildman–Crippen LogP) is 4.11. The molecule has 1 N–H and O–H groups in total. The number of hydroxylamine groups is 2. The Kier molecular flexibility index (Phi) is 6.71. The summed E-state index contributed by atoms with van der Waals surface area (Å²) in [6, 6.07) is 0. The normalized spacial score (nSPS) is 15.9. The van der Waals surface area contributed by atoms with E-state index in [9.17, 15) is 9.77 Å². The Morgan fingerprint density at radius 3 is 1.63 bits per heavy atom. The van der Waals surface area contributed by atoms with Gasteiger partial charge in [0.1, 0.15) is 5.78 Å². The number of rotatable bonds is 6. The van der Waals surface area contributed by atoms with Crippen molar-refractivity contribution in [1.29, 1.82) is 0 Å². The van der Waals surface area contributed by atoms with Gasteiger partial charge in [-0.1, -0.05) is 20.8 Å². The Balaban J connectivity index is 5.64. The quantitative estimate of drug-likeness (QED) is 0.590. The van der Waals surface area contributed by atoms with Crippen LogP contribution in [0.4, 0.5) is 0 Å². The second-order valence-electron chi connectivity index (χ2n) is 6.63. The Labute approximate surface area is 117 Å². The van der Waals surface area contributed by atoms with E-state index in [1.54, 1.807) is 13.8 Å². The summed E-state index contributed by atoms with van der Waals surface area (Å²) in [6.07, 6.45) is 0. The van der Waals surface area contributed by atoms with Crippen molar-refractivity contribution in [2.75, 3.05) is 13.2 Å². The first-order chi connectivity index (χ1) is 8.40. The van der Waals surface area contributed by atoms with E-state index in [1.165, 1.54) is 0 Å². The Morgan fingerprint density at radius 1 is 1.05 bits per heavy atom. The van der Waals surface area contributed by atoms with Crippen LogP contribution in [0.5, 0.6) is 0 Å². The minimum absolute atomic E-state index is 0.280. The summed E-state index contributed by atoms with van der Waals surface area (Å²) in [7, 11) is -3.43. The molecule has 1 atom stereocenters. The van der Waals surface area contributed by atoms with E-state index in [0.29, 0.717) is 0 Å². The Morgan fingerprint density at radius 2 is 1.42 bits per heavy atom. The largest absolute Gasteiger partial charge is 0.350 e. The van der Waals surface area contributed by atoms with Crippen molar-refractivity contribution in [3.8, 4) is 0 Å². The summed E-state index contributed by atoms with van der Waals surface area (Å²) >= 11 is 0. The van der Waals surface area contributed by atoms with Crippen molar-refractivity contribution in [2.24, 2.45) is 5.41 Å². The second-order valence-corrected chi connectivity index (χ2v) is 8.72. The minimum Gasteiger partial charge on any atom is -0.313 e. The van der Waals surface area contributed by atoms with Crippen LogP contribution in [-0.4, -0.2) is 34.8 Å². The third-order valence-electron chi connectivity index (χ3n) is 2.61. The van der Waals surface area contributed by atoms with Gasteiger partial charge in [0.05, 0.1) is 13.2 Å². The van der Waals surface area contributed by atoms with Gasteiger partial charge in [0.2, 0.25) is 0 Å². The fraction of sp³-hybridized carbons (Fsp3) is 1.00. The summed E-state index contributed by atoms with van der Waals surface area (Å²) in [5.74, 6) is -0.722. The molecule has 0 aliphatic rings. The summed E-state index contributed by atoms with van der Waals surface area (Å²) in [6.45, 7) is 15.4. The molecule has 0 amide bonds. The fourth-order valence-corrected chi connectivity index (χ4v) is 4.52. The number of nitrogens with zero attached hydrogens (tertiary/aromatic N) is 1. The Bertz CT molecular complexity index is 310. The van der Waals surface area contributed by atoms with Crippen LogP contribution < -0.4 is 0 Å². The van der Waals surface area contributed by atoms with Gasteiger partial charge in [-0.3, -0.25) is 4.57 Å². The number of hydrogen-bond donors (Lipinski definition) is 1. The molecule has 0 aliphatic heterocycles. The molecule has 1 unspecified atom stereocenters. The van der Waals surface area contributed by atoms with Gasteiger partial charge in [0, 0.05) is 5.54 Å².